The quantitative estimate of drug-likeness (QED) is 0.377. The Morgan fingerprint density at radius 3 is 2.29 bits per heavy atom. The normalized spacial score (nSPS) is 31.6. The Hall–Kier alpha value is -1.13. The van der Waals surface area contributed by atoms with Crippen LogP contribution in [0.5, 0.6) is 11.5 Å². The fourth-order valence-corrected chi connectivity index (χ4v) is 8.60. The lowest BCUT2D eigenvalue weighted by atomic mass is 9.43. The van der Waals surface area contributed by atoms with Gasteiger partial charge in [0.25, 0.3) is 0 Å². The lowest BCUT2D eigenvalue weighted by Crippen LogP contribution is -2.63. The first-order chi connectivity index (χ1) is 16.1. The van der Waals surface area contributed by atoms with Gasteiger partial charge in [-0.3, -0.25) is 0 Å². The lowest BCUT2D eigenvalue weighted by molar-refractivity contribution is -0.118. The fourth-order valence-electron chi connectivity index (χ4n) is 7.85. The van der Waals surface area contributed by atoms with Crippen molar-refractivity contribution in [1.29, 1.82) is 0 Å². The van der Waals surface area contributed by atoms with Gasteiger partial charge < -0.3 is 14.8 Å². The molecule has 4 aliphatic carbocycles. The second-order valence-corrected chi connectivity index (χ2v) is 12.9. The van der Waals surface area contributed by atoms with E-state index in [9.17, 15) is 0 Å². The van der Waals surface area contributed by atoms with Crippen molar-refractivity contribution < 1.29 is 9.47 Å². The number of nitrogens with one attached hydrogen (secondary N) is 1. The van der Waals surface area contributed by atoms with Crippen molar-refractivity contribution in [1.82, 2.24) is 5.32 Å². The zero-order valence-corrected chi connectivity index (χ0v) is 22.5. The van der Waals surface area contributed by atoms with E-state index in [1.165, 1.54) is 38.5 Å². The minimum absolute atomic E-state index is 0.238. The molecule has 4 saturated carbocycles. The number of hydrogen-bond acceptors (Lipinski definition) is 3. The van der Waals surface area contributed by atoms with E-state index in [1.54, 1.807) is 12.1 Å². The van der Waals surface area contributed by atoms with Gasteiger partial charge >= 0.3 is 0 Å². The highest BCUT2D eigenvalue weighted by molar-refractivity contribution is 6.35. The monoisotopic (exact) mass is 521 g/mol. The van der Waals surface area contributed by atoms with Crippen LogP contribution in [0.25, 0.3) is 0 Å². The van der Waals surface area contributed by atoms with Crippen molar-refractivity contribution in [2.45, 2.75) is 78.0 Å². The summed E-state index contributed by atoms with van der Waals surface area (Å²) in [5, 5.41) is 5.72. The van der Waals surface area contributed by atoms with Crippen molar-refractivity contribution in [3.8, 4) is 11.5 Å². The standard InChI is InChI=1S/C28H34Cl3NO2/c1-4-33-24-8-18(7-23(31)25(24)34-14-20-5-6-21(29)9-22(20)30)13-32-28-12-19-10-26(2,16-28)15-27(3,11-19)17-28/h5-9,19,32H,4,10-17H2,1-3H3/t19?,26-,27+,28?. The van der Waals surface area contributed by atoms with Crippen molar-refractivity contribution in [3.63, 3.8) is 0 Å². The van der Waals surface area contributed by atoms with Crippen LogP contribution in [0.3, 0.4) is 0 Å². The molecule has 2 aromatic carbocycles. The van der Waals surface area contributed by atoms with Crippen LogP contribution >= 0.6 is 34.8 Å². The average Bonchev–Trinajstić information content (AvgIpc) is 2.70. The summed E-state index contributed by atoms with van der Waals surface area (Å²) in [6, 6.07) is 9.44. The average molecular weight is 523 g/mol. The van der Waals surface area contributed by atoms with E-state index in [0.717, 1.165) is 23.6 Å². The highest BCUT2D eigenvalue weighted by Crippen LogP contribution is 2.66. The van der Waals surface area contributed by atoms with Crippen LogP contribution < -0.4 is 14.8 Å². The molecule has 4 atom stereocenters. The van der Waals surface area contributed by atoms with Crippen molar-refractivity contribution >= 4 is 34.8 Å². The van der Waals surface area contributed by atoms with Crippen LogP contribution in [-0.2, 0) is 13.2 Å². The second-order valence-electron chi connectivity index (χ2n) is 11.6. The molecular weight excluding hydrogens is 489 g/mol. The Morgan fingerprint density at radius 1 is 0.912 bits per heavy atom. The summed E-state index contributed by atoms with van der Waals surface area (Å²) in [6.07, 6.45) is 8.03. The fraction of sp³-hybridized carbons (Fsp3) is 0.571. The molecule has 6 heteroatoms. The smallest absolute Gasteiger partial charge is 0.180 e. The van der Waals surface area contributed by atoms with Crippen molar-refractivity contribution in [3.05, 3.63) is 56.5 Å². The van der Waals surface area contributed by atoms with Crippen LogP contribution in [-0.4, -0.2) is 12.1 Å². The Balaban J connectivity index is 1.32. The molecule has 0 radical (unpaired) electrons. The van der Waals surface area contributed by atoms with E-state index in [-0.39, 0.29) is 12.1 Å². The maximum absolute atomic E-state index is 6.71. The van der Waals surface area contributed by atoms with E-state index < -0.39 is 0 Å². The summed E-state index contributed by atoms with van der Waals surface area (Å²) < 4.78 is 12.0. The number of hydrogen-bond donors (Lipinski definition) is 1. The van der Waals surface area contributed by atoms with Crippen LogP contribution in [0.15, 0.2) is 30.3 Å². The summed E-state index contributed by atoms with van der Waals surface area (Å²) in [5.74, 6) is 2.08. The first-order valence-corrected chi connectivity index (χ1v) is 13.5. The molecule has 4 fully saturated rings. The molecular formula is C28H34Cl3NO2. The highest BCUT2D eigenvalue weighted by atomic mass is 35.5. The Labute approximate surface area is 218 Å². The lowest BCUT2D eigenvalue weighted by Gasteiger charge is -2.65. The molecule has 0 spiro atoms. The molecule has 6 rings (SSSR count). The number of rotatable bonds is 8. The van der Waals surface area contributed by atoms with Crippen LogP contribution in [0.1, 0.15) is 70.4 Å². The zero-order valence-electron chi connectivity index (χ0n) is 20.3. The molecule has 4 bridgehead atoms. The predicted molar refractivity (Wildman–Crippen MR) is 140 cm³/mol. The van der Waals surface area contributed by atoms with Gasteiger partial charge in [-0.25, -0.2) is 0 Å². The SMILES string of the molecule is CCOc1cc(CNC23CC4C[C@@](C)(C2)C[C@](C)(C4)C3)cc(Cl)c1OCc1ccc(Cl)cc1Cl. The van der Waals surface area contributed by atoms with Gasteiger partial charge in [-0.2, -0.15) is 0 Å². The summed E-state index contributed by atoms with van der Waals surface area (Å²) in [5.41, 5.74) is 3.17. The molecule has 1 N–H and O–H groups in total. The van der Waals surface area contributed by atoms with E-state index in [2.05, 4.69) is 25.2 Å². The number of halogens is 3. The Kier molecular flexibility index (Phi) is 6.55. The van der Waals surface area contributed by atoms with Gasteiger partial charge in [-0.05, 0) is 92.0 Å². The van der Waals surface area contributed by atoms with Crippen LogP contribution in [0.4, 0.5) is 0 Å². The maximum Gasteiger partial charge on any atom is 0.180 e. The van der Waals surface area contributed by atoms with Crippen molar-refractivity contribution in [2.24, 2.45) is 16.7 Å². The van der Waals surface area contributed by atoms with Gasteiger partial charge in [0.1, 0.15) is 6.61 Å². The predicted octanol–water partition coefficient (Wildman–Crippen LogP) is 8.46. The van der Waals surface area contributed by atoms with E-state index in [0.29, 0.717) is 44.0 Å². The van der Waals surface area contributed by atoms with E-state index in [4.69, 9.17) is 44.3 Å². The molecule has 34 heavy (non-hydrogen) atoms. The second kappa shape index (κ2) is 9.07. The third-order valence-electron chi connectivity index (χ3n) is 8.05. The number of benzene rings is 2. The number of ether oxygens (including phenoxy) is 2. The molecule has 4 aliphatic rings. The van der Waals surface area contributed by atoms with Crippen LogP contribution in [0.2, 0.25) is 15.1 Å². The Morgan fingerprint density at radius 2 is 1.65 bits per heavy atom. The molecule has 0 heterocycles. The first-order valence-electron chi connectivity index (χ1n) is 12.4. The van der Waals surface area contributed by atoms with Gasteiger partial charge in [0.2, 0.25) is 0 Å². The maximum atomic E-state index is 6.71. The van der Waals surface area contributed by atoms with Crippen LogP contribution in [0, 0.1) is 16.7 Å². The summed E-state index contributed by atoms with van der Waals surface area (Å²) >= 11 is 19.0. The van der Waals surface area contributed by atoms with Crippen molar-refractivity contribution in [2.75, 3.05) is 6.61 Å². The molecule has 2 aromatic rings. The van der Waals surface area contributed by atoms with Gasteiger partial charge in [0.15, 0.2) is 11.5 Å². The van der Waals surface area contributed by atoms with Gasteiger partial charge in [-0.1, -0.05) is 54.7 Å². The van der Waals surface area contributed by atoms with E-state index in [1.807, 2.05) is 19.1 Å². The molecule has 0 saturated heterocycles. The molecule has 0 aliphatic heterocycles. The zero-order chi connectivity index (χ0) is 24.1. The molecule has 3 nitrogen and oxygen atoms in total. The molecule has 0 aromatic heterocycles. The van der Waals surface area contributed by atoms with Gasteiger partial charge in [-0.15, -0.1) is 0 Å². The third-order valence-corrected chi connectivity index (χ3v) is 8.92. The minimum Gasteiger partial charge on any atom is -0.490 e. The highest BCUT2D eigenvalue weighted by Gasteiger charge is 2.59. The topological polar surface area (TPSA) is 30.5 Å². The third kappa shape index (κ3) is 4.91. The Bertz CT molecular complexity index is 1070. The molecule has 0 amide bonds. The molecule has 2 unspecified atom stereocenters. The van der Waals surface area contributed by atoms with E-state index >= 15 is 0 Å². The molecule has 184 valence electrons. The van der Waals surface area contributed by atoms with Gasteiger partial charge in [0.05, 0.1) is 11.6 Å². The van der Waals surface area contributed by atoms with Gasteiger partial charge in [0, 0.05) is 27.7 Å². The summed E-state index contributed by atoms with van der Waals surface area (Å²) in [4.78, 5) is 0. The summed E-state index contributed by atoms with van der Waals surface area (Å²) in [7, 11) is 0. The first kappa shape index (κ1) is 24.6. The minimum atomic E-state index is 0.238. The summed E-state index contributed by atoms with van der Waals surface area (Å²) in [6.45, 7) is 8.59. The largest absolute Gasteiger partial charge is 0.490 e.